The molecule has 1 amide bonds. The molecule has 0 fully saturated rings. The van der Waals surface area contributed by atoms with E-state index in [-0.39, 0.29) is 11.9 Å². The zero-order chi connectivity index (χ0) is 16.9. The minimum Gasteiger partial charge on any atom is -0.350 e. The largest absolute Gasteiger partial charge is 0.350 e. The number of aryl methyl sites for hydroxylation is 2. The van der Waals surface area contributed by atoms with E-state index >= 15 is 0 Å². The number of carbonyl (C=O) groups is 1. The highest BCUT2D eigenvalue weighted by molar-refractivity contribution is 5.86. The molecule has 3 aromatic rings. The van der Waals surface area contributed by atoms with E-state index in [0.29, 0.717) is 6.42 Å². The Morgan fingerprint density at radius 2 is 1.75 bits per heavy atom. The molecule has 2 heteroatoms. The number of fused-ring (bicyclic) bond motifs is 1. The van der Waals surface area contributed by atoms with Crippen molar-refractivity contribution in [2.24, 2.45) is 0 Å². The number of hydrogen-bond donors (Lipinski definition) is 1. The summed E-state index contributed by atoms with van der Waals surface area (Å²) in [4.78, 5) is 12.3. The molecule has 0 heterocycles. The molecular formula is C22H23NO. The highest BCUT2D eigenvalue weighted by Gasteiger charge is 2.12. The number of nitrogens with one attached hydrogen (secondary N) is 1. The summed E-state index contributed by atoms with van der Waals surface area (Å²) in [6, 6.07) is 22.9. The fraction of sp³-hybridized carbons (Fsp3) is 0.227. The van der Waals surface area contributed by atoms with Crippen LogP contribution in [-0.4, -0.2) is 5.91 Å². The summed E-state index contributed by atoms with van der Waals surface area (Å²) in [5, 5.41) is 5.54. The lowest BCUT2D eigenvalue weighted by atomic mass is 9.99. The van der Waals surface area contributed by atoms with Crippen LogP contribution in [0.5, 0.6) is 0 Å². The van der Waals surface area contributed by atoms with Crippen molar-refractivity contribution in [2.75, 3.05) is 0 Å². The maximum atomic E-state index is 12.3. The molecule has 0 saturated carbocycles. The molecule has 24 heavy (non-hydrogen) atoms. The van der Waals surface area contributed by atoms with Crippen LogP contribution in [0.1, 0.15) is 36.1 Å². The molecule has 0 bridgehead atoms. The fourth-order valence-electron chi connectivity index (χ4n) is 3.14. The molecule has 0 aliphatic rings. The van der Waals surface area contributed by atoms with Crippen molar-refractivity contribution in [3.63, 3.8) is 0 Å². The van der Waals surface area contributed by atoms with E-state index in [1.54, 1.807) is 0 Å². The van der Waals surface area contributed by atoms with Crippen LogP contribution in [-0.2, 0) is 11.2 Å². The maximum Gasteiger partial charge on any atom is 0.220 e. The van der Waals surface area contributed by atoms with Gasteiger partial charge < -0.3 is 5.32 Å². The Hall–Kier alpha value is -2.61. The Labute approximate surface area is 143 Å². The third-order valence-corrected chi connectivity index (χ3v) is 4.39. The summed E-state index contributed by atoms with van der Waals surface area (Å²) in [5.41, 5.74) is 3.61. The van der Waals surface area contributed by atoms with Gasteiger partial charge in [-0.3, -0.25) is 4.79 Å². The third kappa shape index (κ3) is 3.83. The summed E-state index contributed by atoms with van der Waals surface area (Å²) >= 11 is 0. The minimum atomic E-state index is 0.00103. The minimum absolute atomic E-state index is 0.00103. The van der Waals surface area contributed by atoms with Gasteiger partial charge in [0.05, 0.1) is 6.04 Å². The standard InChI is InChI=1S/C22H23NO/c1-16-7-5-8-18(15-16)13-14-22(24)23-17(2)20-12-6-10-19-9-3-4-11-21(19)20/h3-12,15,17H,13-14H2,1-2H3,(H,23,24)/t17-/m1/s1. The van der Waals surface area contributed by atoms with E-state index in [2.05, 4.69) is 54.7 Å². The third-order valence-electron chi connectivity index (χ3n) is 4.39. The van der Waals surface area contributed by atoms with Crippen molar-refractivity contribution in [1.82, 2.24) is 5.32 Å². The van der Waals surface area contributed by atoms with Gasteiger partial charge in [0, 0.05) is 6.42 Å². The molecule has 0 saturated heterocycles. The van der Waals surface area contributed by atoms with Crippen LogP contribution in [0, 0.1) is 6.92 Å². The van der Waals surface area contributed by atoms with Gasteiger partial charge in [0.25, 0.3) is 0 Å². The highest BCUT2D eigenvalue weighted by atomic mass is 16.1. The molecule has 0 aliphatic heterocycles. The Bertz CT molecular complexity index is 848. The predicted octanol–water partition coefficient (Wildman–Crippen LogP) is 4.96. The lowest BCUT2D eigenvalue weighted by molar-refractivity contribution is -0.121. The van der Waals surface area contributed by atoms with E-state index in [1.165, 1.54) is 21.9 Å². The number of hydrogen-bond acceptors (Lipinski definition) is 1. The first-order valence-corrected chi connectivity index (χ1v) is 8.46. The molecular weight excluding hydrogens is 294 g/mol. The van der Waals surface area contributed by atoms with Crippen LogP contribution in [0.15, 0.2) is 66.7 Å². The van der Waals surface area contributed by atoms with Gasteiger partial charge >= 0.3 is 0 Å². The Morgan fingerprint density at radius 1 is 1.00 bits per heavy atom. The second-order valence-electron chi connectivity index (χ2n) is 6.35. The summed E-state index contributed by atoms with van der Waals surface area (Å²) in [6.45, 7) is 4.12. The van der Waals surface area contributed by atoms with Gasteiger partial charge in [-0.05, 0) is 42.2 Å². The van der Waals surface area contributed by atoms with Crippen molar-refractivity contribution in [3.05, 3.63) is 83.4 Å². The Kier molecular flexibility index (Phi) is 4.95. The average Bonchev–Trinajstić information content (AvgIpc) is 2.59. The first kappa shape index (κ1) is 16.3. The monoisotopic (exact) mass is 317 g/mol. The van der Waals surface area contributed by atoms with Crippen LogP contribution < -0.4 is 5.32 Å². The lowest BCUT2D eigenvalue weighted by Crippen LogP contribution is -2.26. The quantitative estimate of drug-likeness (QED) is 0.708. The molecule has 122 valence electrons. The van der Waals surface area contributed by atoms with Gasteiger partial charge in [-0.2, -0.15) is 0 Å². The Balaban J connectivity index is 1.65. The van der Waals surface area contributed by atoms with Gasteiger partial charge in [0.2, 0.25) is 5.91 Å². The SMILES string of the molecule is Cc1cccc(CCC(=O)N[C@H](C)c2cccc3ccccc23)c1. The summed E-state index contributed by atoms with van der Waals surface area (Å²) in [7, 11) is 0. The van der Waals surface area contributed by atoms with Crippen molar-refractivity contribution >= 4 is 16.7 Å². The molecule has 1 atom stereocenters. The van der Waals surface area contributed by atoms with Crippen LogP contribution in [0.3, 0.4) is 0 Å². The molecule has 3 aromatic carbocycles. The van der Waals surface area contributed by atoms with Gasteiger partial charge in [-0.1, -0.05) is 72.3 Å². The Morgan fingerprint density at radius 3 is 2.58 bits per heavy atom. The lowest BCUT2D eigenvalue weighted by Gasteiger charge is -2.16. The molecule has 0 aliphatic carbocycles. The van der Waals surface area contributed by atoms with Gasteiger partial charge in [0.1, 0.15) is 0 Å². The van der Waals surface area contributed by atoms with Gasteiger partial charge in [-0.15, -0.1) is 0 Å². The number of amides is 1. The van der Waals surface area contributed by atoms with Crippen LogP contribution >= 0.6 is 0 Å². The number of carbonyl (C=O) groups excluding carboxylic acids is 1. The molecule has 2 nitrogen and oxygen atoms in total. The first-order chi connectivity index (χ1) is 11.6. The zero-order valence-electron chi connectivity index (χ0n) is 14.3. The molecule has 0 unspecified atom stereocenters. The van der Waals surface area contributed by atoms with Crippen LogP contribution in [0.2, 0.25) is 0 Å². The number of benzene rings is 3. The zero-order valence-corrected chi connectivity index (χ0v) is 14.3. The molecule has 0 aromatic heterocycles. The van der Waals surface area contributed by atoms with Crippen molar-refractivity contribution < 1.29 is 4.79 Å². The average molecular weight is 317 g/mol. The van der Waals surface area contributed by atoms with E-state index in [4.69, 9.17) is 0 Å². The molecule has 3 rings (SSSR count). The summed E-state index contributed by atoms with van der Waals surface area (Å²) in [5.74, 6) is 0.0944. The fourth-order valence-corrected chi connectivity index (χ4v) is 3.14. The van der Waals surface area contributed by atoms with Crippen molar-refractivity contribution in [2.45, 2.75) is 32.7 Å². The number of rotatable bonds is 5. The topological polar surface area (TPSA) is 29.1 Å². The van der Waals surface area contributed by atoms with E-state index in [1.807, 2.05) is 31.2 Å². The van der Waals surface area contributed by atoms with Crippen molar-refractivity contribution in [3.8, 4) is 0 Å². The molecule has 0 spiro atoms. The van der Waals surface area contributed by atoms with Gasteiger partial charge in [-0.25, -0.2) is 0 Å². The predicted molar refractivity (Wildman–Crippen MR) is 100 cm³/mol. The van der Waals surface area contributed by atoms with E-state index < -0.39 is 0 Å². The smallest absolute Gasteiger partial charge is 0.220 e. The van der Waals surface area contributed by atoms with E-state index in [9.17, 15) is 4.79 Å². The van der Waals surface area contributed by atoms with E-state index in [0.717, 1.165) is 12.0 Å². The second kappa shape index (κ2) is 7.31. The molecule has 0 radical (unpaired) electrons. The van der Waals surface area contributed by atoms with Crippen LogP contribution in [0.4, 0.5) is 0 Å². The van der Waals surface area contributed by atoms with Crippen LogP contribution in [0.25, 0.3) is 10.8 Å². The second-order valence-corrected chi connectivity index (χ2v) is 6.35. The first-order valence-electron chi connectivity index (χ1n) is 8.46. The summed E-state index contributed by atoms with van der Waals surface area (Å²) in [6.07, 6.45) is 1.29. The highest BCUT2D eigenvalue weighted by Crippen LogP contribution is 2.24. The van der Waals surface area contributed by atoms with Gasteiger partial charge in [0.15, 0.2) is 0 Å². The normalized spacial score (nSPS) is 12.1. The summed E-state index contributed by atoms with van der Waals surface area (Å²) < 4.78 is 0. The maximum absolute atomic E-state index is 12.3. The van der Waals surface area contributed by atoms with Crippen molar-refractivity contribution in [1.29, 1.82) is 0 Å². The molecule has 1 N–H and O–H groups in total.